The van der Waals surface area contributed by atoms with Crippen LogP contribution in [0.5, 0.6) is 0 Å². The maximum atomic E-state index is 2.43. The Hall–Kier alpha value is -1.56. The SMILES string of the molecule is C1CCC2(CC1)CCCC2.CC(C)=CCCC(C)=CCCC(C)=CCCC=C(C)CCC=C(C)CCC=C(C)C. The molecule has 0 heterocycles. The molecule has 0 aromatic carbocycles. The molecule has 0 aliphatic heterocycles. The van der Waals surface area contributed by atoms with E-state index in [1.807, 2.05) is 0 Å². The molecule has 0 aromatic rings. The zero-order valence-electron chi connectivity index (χ0n) is 28.4. The average Bonchev–Trinajstić information content (AvgIpc) is 3.34. The number of unbranched alkanes of at least 4 members (excludes halogenated alkanes) is 1. The summed E-state index contributed by atoms with van der Waals surface area (Å²) < 4.78 is 0. The molecule has 40 heavy (non-hydrogen) atoms. The van der Waals surface area contributed by atoms with Gasteiger partial charge in [-0.2, -0.15) is 0 Å². The first-order valence-electron chi connectivity index (χ1n) is 17.0. The summed E-state index contributed by atoms with van der Waals surface area (Å²) in [5.41, 5.74) is 9.84. The number of allylic oxidation sites excluding steroid dienone is 12. The molecule has 0 bridgehead atoms. The van der Waals surface area contributed by atoms with Gasteiger partial charge in [0.15, 0.2) is 0 Å². The van der Waals surface area contributed by atoms with Crippen LogP contribution in [-0.2, 0) is 0 Å². The molecule has 2 saturated carbocycles. The summed E-state index contributed by atoms with van der Waals surface area (Å²) in [5, 5.41) is 0. The van der Waals surface area contributed by atoms with Gasteiger partial charge in [-0.25, -0.2) is 0 Å². The number of rotatable bonds is 15. The summed E-state index contributed by atoms with van der Waals surface area (Å²) in [6, 6.07) is 0. The largest absolute Gasteiger partial charge is 0.0856 e. The molecule has 0 saturated heterocycles. The van der Waals surface area contributed by atoms with Crippen LogP contribution in [0, 0.1) is 5.41 Å². The van der Waals surface area contributed by atoms with E-state index in [0.717, 1.165) is 5.41 Å². The molecule has 0 heteroatoms. The molecular formula is C40H68. The first-order chi connectivity index (χ1) is 19.1. The minimum Gasteiger partial charge on any atom is -0.0856 e. The third-order valence-electron chi connectivity index (χ3n) is 8.98. The Morgan fingerprint density at radius 2 is 0.650 bits per heavy atom. The fraction of sp³-hybridized carbons (Fsp3) is 0.700. The second-order valence-electron chi connectivity index (χ2n) is 13.8. The maximum Gasteiger partial charge on any atom is -0.0288 e. The molecule has 1 spiro atoms. The highest BCUT2D eigenvalue weighted by atomic mass is 14.4. The molecule has 0 radical (unpaired) electrons. The molecule has 228 valence electrons. The van der Waals surface area contributed by atoms with Crippen molar-refractivity contribution in [2.45, 2.75) is 177 Å². The molecule has 2 aliphatic carbocycles. The molecule has 2 rings (SSSR count). The summed E-state index contributed by atoms with van der Waals surface area (Å²) in [6.07, 6.45) is 40.1. The van der Waals surface area contributed by atoms with Gasteiger partial charge in [0.05, 0.1) is 0 Å². The van der Waals surface area contributed by atoms with Crippen molar-refractivity contribution in [1.82, 2.24) is 0 Å². The van der Waals surface area contributed by atoms with Crippen LogP contribution in [0.1, 0.15) is 177 Å². The van der Waals surface area contributed by atoms with Gasteiger partial charge in [-0.15, -0.1) is 0 Å². The molecule has 2 aliphatic rings. The minimum absolute atomic E-state index is 0.873. The van der Waals surface area contributed by atoms with E-state index in [0.29, 0.717) is 0 Å². The number of hydrogen-bond donors (Lipinski definition) is 0. The molecule has 0 atom stereocenters. The van der Waals surface area contributed by atoms with Gasteiger partial charge in [0.2, 0.25) is 0 Å². The first-order valence-corrected chi connectivity index (χ1v) is 17.0. The Balaban J connectivity index is 0.000000653. The van der Waals surface area contributed by atoms with Gasteiger partial charge in [0.1, 0.15) is 0 Å². The smallest absolute Gasteiger partial charge is 0.0288 e. The molecule has 0 amide bonds. The van der Waals surface area contributed by atoms with E-state index in [1.165, 1.54) is 130 Å². The van der Waals surface area contributed by atoms with Crippen LogP contribution < -0.4 is 0 Å². The van der Waals surface area contributed by atoms with Crippen LogP contribution in [-0.4, -0.2) is 0 Å². The van der Waals surface area contributed by atoms with Crippen LogP contribution in [0.2, 0.25) is 0 Å². The molecule has 0 nitrogen and oxygen atoms in total. The zero-order valence-corrected chi connectivity index (χ0v) is 28.4. The minimum atomic E-state index is 0.873. The Bertz CT molecular complexity index is 786. The molecule has 0 N–H and O–H groups in total. The monoisotopic (exact) mass is 549 g/mol. The standard InChI is InChI=1S/C30H50.C10H18/c1-25(2)15-11-19-29(7)23-13-21-27(5)17-9-10-18-28(6)22-14-24-30(8)20-12-16-26(3)4;1-2-6-10(7-3-1)8-4-5-9-10/h15-18,23-24H,9-14,19-22H2,1-8H3;1-9H2. The van der Waals surface area contributed by atoms with Gasteiger partial charge in [-0.05, 0) is 151 Å². The second-order valence-corrected chi connectivity index (χ2v) is 13.8. The summed E-state index contributed by atoms with van der Waals surface area (Å²) in [6.45, 7) is 17.8. The maximum absolute atomic E-state index is 2.43. The van der Waals surface area contributed by atoms with E-state index < -0.39 is 0 Å². The fourth-order valence-electron chi connectivity index (χ4n) is 6.26. The second kappa shape index (κ2) is 22.1. The van der Waals surface area contributed by atoms with Gasteiger partial charge in [0, 0.05) is 0 Å². The van der Waals surface area contributed by atoms with Crippen LogP contribution in [0.4, 0.5) is 0 Å². The van der Waals surface area contributed by atoms with Crippen LogP contribution in [0.25, 0.3) is 0 Å². The van der Waals surface area contributed by atoms with Crippen LogP contribution in [0.15, 0.2) is 69.9 Å². The summed E-state index contributed by atoms with van der Waals surface area (Å²) >= 11 is 0. The van der Waals surface area contributed by atoms with E-state index in [1.54, 1.807) is 25.7 Å². The lowest BCUT2D eigenvalue weighted by atomic mass is 9.73. The van der Waals surface area contributed by atoms with Crippen molar-refractivity contribution < 1.29 is 0 Å². The first kappa shape index (κ1) is 36.5. The van der Waals surface area contributed by atoms with Crippen LogP contribution in [0.3, 0.4) is 0 Å². The van der Waals surface area contributed by atoms with Crippen LogP contribution >= 0.6 is 0 Å². The zero-order chi connectivity index (χ0) is 29.6. The Kier molecular flexibility index (Phi) is 20.1. The summed E-state index contributed by atoms with van der Waals surface area (Å²) in [7, 11) is 0. The van der Waals surface area contributed by atoms with Gasteiger partial charge < -0.3 is 0 Å². The van der Waals surface area contributed by atoms with E-state index in [2.05, 4.69) is 91.8 Å². The Morgan fingerprint density at radius 1 is 0.375 bits per heavy atom. The third kappa shape index (κ3) is 19.5. The van der Waals surface area contributed by atoms with Gasteiger partial charge in [-0.1, -0.05) is 102 Å². The van der Waals surface area contributed by atoms with Crippen molar-refractivity contribution in [3.8, 4) is 0 Å². The highest BCUT2D eigenvalue weighted by Gasteiger charge is 2.34. The van der Waals surface area contributed by atoms with Gasteiger partial charge in [-0.3, -0.25) is 0 Å². The fourth-order valence-corrected chi connectivity index (χ4v) is 6.26. The predicted molar refractivity (Wildman–Crippen MR) is 184 cm³/mol. The highest BCUT2D eigenvalue weighted by molar-refractivity contribution is 5.08. The Morgan fingerprint density at radius 3 is 0.975 bits per heavy atom. The average molecular weight is 549 g/mol. The summed E-state index contributed by atoms with van der Waals surface area (Å²) in [5.74, 6) is 0. The summed E-state index contributed by atoms with van der Waals surface area (Å²) in [4.78, 5) is 0. The van der Waals surface area contributed by atoms with Crippen molar-refractivity contribution in [3.05, 3.63) is 69.9 Å². The van der Waals surface area contributed by atoms with E-state index in [9.17, 15) is 0 Å². The van der Waals surface area contributed by atoms with Crippen molar-refractivity contribution in [1.29, 1.82) is 0 Å². The van der Waals surface area contributed by atoms with Gasteiger partial charge in [0.25, 0.3) is 0 Å². The third-order valence-corrected chi connectivity index (χ3v) is 8.98. The van der Waals surface area contributed by atoms with Crippen molar-refractivity contribution in [3.63, 3.8) is 0 Å². The van der Waals surface area contributed by atoms with Crippen molar-refractivity contribution in [2.24, 2.45) is 5.41 Å². The van der Waals surface area contributed by atoms with E-state index in [4.69, 9.17) is 0 Å². The normalized spacial score (nSPS) is 17.9. The lowest BCUT2D eigenvalue weighted by Crippen LogP contribution is -2.19. The molecular weight excluding hydrogens is 480 g/mol. The topological polar surface area (TPSA) is 0 Å². The predicted octanol–water partition coefficient (Wildman–Crippen LogP) is 14.1. The highest BCUT2D eigenvalue weighted by Crippen LogP contribution is 2.48. The quantitative estimate of drug-likeness (QED) is 0.141. The molecule has 0 unspecified atom stereocenters. The van der Waals surface area contributed by atoms with E-state index >= 15 is 0 Å². The van der Waals surface area contributed by atoms with Gasteiger partial charge >= 0.3 is 0 Å². The Labute approximate surface area is 252 Å². The van der Waals surface area contributed by atoms with Crippen molar-refractivity contribution in [2.75, 3.05) is 0 Å². The number of hydrogen-bond acceptors (Lipinski definition) is 0. The lowest BCUT2D eigenvalue weighted by molar-refractivity contribution is 0.197. The molecule has 2 fully saturated rings. The lowest BCUT2D eigenvalue weighted by Gasteiger charge is -2.32. The van der Waals surface area contributed by atoms with E-state index in [-0.39, 0.29) is 0 Å². The van der Waals surface area contributed by atoms with Crippen molar-refractivity contribution >= 4 is 0 Å². The molecule has 0 aromatic heterocycles.